The number of nitrogens with one attached hydrogen (secondary N) is 1. The van der Waals surface area contributed by atoms with E-state index in [-0.39, 0.29) is 59.1 Å². The number of hydrogen-bond donors (Lipinski definition) is 3. The first kappa shape index (κ1) is 25.3. The van der Waals surface area contributed by atoms with Crippen LogP contribution in [0.2, 0.25) is 0 Å². The Kier molecular flexibility index (Phi) is 8.49. The molecule has 0 saturated heterocycles. The van der Waals surface area contributed by atoms with Crippen LogP contribution >= 0.6 is 0 Å². The minimum absolute atomic E-state index is 0. The van der Waals surface area contributed by atoms with Crippen molar-refractivity contribution >= 4 is 20.2 Å². The fraction of sp³-hybridized carbons (Fsp3) is 0. The molecule has 1 aromatic heterocycles. The zero-order chi connectivity index (χ0) is 19.1. The van der Waals surface area contributed by atoms with Crippen molar-refractivity contribution in [2.75, 3.05) is 0 Å². The van der Waals surface area contributed by atoms with Crippen LogP contribution in [-0.2, 0) is 20.2 Å². The summed E-state index contributed by atoms with van der Waals surface area (Å²) in [6, 6.07) is 12.2. The Hall–Kier alpha value is -0.730. The first-order valence-electron chi connectivity index (χ1n) is 7.04. The molecule has 3 aromatic rings. The van der Waals surface area contributed by atoms with Gasteiger partial charge in [-0.05, 0) is 23.8 Å². The van der Waals surface area contributed by atoms with Crippen LogP contribution in [0.1, 0.15) is 0 Å². The molecule has 2 aromatic carbocycles. The Bertz CT molecular complexity index is 1250. The Morgan fingerprint density at radius 2 is 1.43 bits per heavy atom. The molecule has 0 saturated carbocycles. The van der Waals surface area contributed by atoms with Crippen molar-refractivity contribution in [3.05, 3.63) is 65.0 Å². The maximum Gasteiger partial charge on any atom is 1.00 e. The number of hydrogen-bond acceptors (Lipinski definition) is 5. The summed E-state index contributed by atoms with van der Waals surface area (Å²) < 4.78 is 65.2. The molecule has 28 heavy (non-hydrogen) atoms. The second kappa shape index (κ2) is 9.39. The Morgan fingerprint density at radius 3 is 1.96 bits per heavy atom. The third kappa shape index (κ3) is 5.45. The van der Waals surface area contributed by atoms with E-state index in [1.54, 1.807) is 30.3 Å². The predicted octanol–water partition coefficient (Wildman–Crippen LogP) is -4.67. The molecule has 13 heteroatoms. The van der Waals surface area contributed by atoms with Gasteiger partial charge in [-0.3, -0.25) is 19.0 Å². The monoisotopic (exact) mass is 442 g/mol. The smallest absolute Gasteiger partial charge is 0.290 e. The molecular formula is C15H12N2Na2O7S2+2. The van der Waals surface area contributed by atoms with Crippen molar-refractivity contribution in [3.63, 3.8) is 0 Å². The summed E-state index contributed by atoms with van der Waals surface area (Å²) in [4.78, 5) is 11.0. The molecule has 0 spiro atoms. The van der Waals surface area contributed by atoms with Crippen molar-refractivity contribution in [1.29, 1.82) is 0 Å². The van der Waals surface area contributed by atoms with E-state index in [2.05, 4.69) is 5.10 Å². The van der Waals surface area contributed by atoms with Gasteiger partial charge < -0.3 is 0 Å². The molecular weight excluding hydrogens is 430 g/mol. The van der Waals surface area contributed by atoms with Gasteiger partial charge >= 0.3 is 59.1 Å². The number of nitrogens with zero attached hydrogens (tertiary/aromatic N) is 1. The molecule has 136 valence electrons. The van der Waals surface area contributed by atoms with Crippen LogP contribution in [0.4, 0.5) is 0 Å². The zero-order valence-electron chi connectivity index (χ0n) is 14.9. The van der Waals surface area contributed by atoms with Crippen LogP contribution in [-0.4, -0.2) is 35.7 Å². The van der Waals surface area contributed by atoms with Crippen molar-refractivity contribution in [2.45, 2.75) is 9.79 Å². The van der Waals surface area contributed by atoms with E-state index in [1.807, 2.05) is 0 Å². The molecule has 0 bridgehead atoms. The average Bonchev–Trinajstić information content (AvgIpc) is 2.95. The van der Waals surface area contributed by atoms with E-state index < -0.39 is 41.3 Å². The third-order valence-corrected chi connectivity index (χ3v) is 5.30. The standard InChI is InChI=1S/C15H12N2O7S2.2Na/c18-15-9-12(10-4-2-1-3-5-10)16-17(15)13-8-11(25(19,20)21)6-7-14(13)26(22,23)24;;/h1-9,16H,(H,19,20,21)(H,22,23,24);;/q;2*+1. The van der Waals surface area contributed by atoms with Gasteiger partial charge in [0.15, 0.2) is 0 Å². The second-order valence-electron chi connectivity index (χ2n) is 5.29. The summed E-state index contributed by atoms with van der Waals surface area (Å²) in [5.41, 5.74) is -0.173. The molecule has 0 aliphatic heterocycles. The van der Waals surface area contributed by atoms with Crippen LogP contribution in [0.5, 0.6) is 0 Å². The average molecular weight is 442 g/mol. The Labute approximate surface area is 204 Å². The number of H-pyrrole nitrogens is 1. The van der Waals surface area contributed by atoms with E-state index in [4.69, 9.17) is 4.55 Å². The fourth-order valence-electron chi connectivity index (χ4n) is 2.39. The first-order chi connectivity index (χ1) is 12.1. The predicted molar refractivity (Wildman–Crippen MR) is 91.5 cm³/mol. The van der Waals surface area contributed by atoms with Gasteiger partial charge in [0, 0.05) is 6.07 Å². The summed E-state index contributed by atoms with van der Waals surface area (Å²) in [5.74, 6) is 0. The van der Waals surface area contributed by atoms with Gasteiger partial charge in [0.2, 0.25) is 0 Å². The molecule has 0 amide bonds. The number of aromatic amines is 1. The van der Waals surface area contributed by atoms with Gasteiger partial charge in [-0.2, -0.15) is 16.8 Å². The largest absolute Gasteiger partial charge is 1.00 e. The van der Waals surface area contributed by atoms with Crippen molar-refractivity contribution < 1.29 is 85.1 Å². The minimum atomic E-state index is -4.77. The fourth-order valence-corrected chi connectivity index (χ4v) is 3.55. The van der Waals surface area contributed by atoms with Crippen LogP contribution in [0.3, 0.4) is 0 Å². The normalized spacial score (nSPS) is 11.4. The van der Waals surface area contributed by atoms with Gasteiger partial charge in [0.25, 0.3) is 25.8 Å². The van der Waals surface area contributed by atoms with Crippen LogP contribution in [0, 0.1) is 0 Å². The molecule has 0 aliphatic carbocycles. The van der Waals surface area contributed by atoms with Crippen LogP contribution in [0.25, 0.3) is 16.9 Å². The van der Waals surface area contributed by atoms with E-state index in [0.717, 1.165) is 22.9 Å². The number of benzene rings is 2. The van der Waals surface area contributed by atoms with Gasteiger partial charge in [-0.15, -0.1) is 0 Å². The Balaban J connectivity index is 0.00000196. The summed E-state index contributed by atoms with van der Waals surface area (Å²) in [6.45, 7) is 0. The quantitative estimate of drug-likeness (QED) is 0.272. The minimum Gasteiger partial charge on any atom is -0.290 e. The van der Waals surface area contributed by atoms with Gasteiger partial charge in [0.1, 0.15) is 4.90 Å². The molecule has 0 atom stereocenters. The van der Waals surface area contributed by atoms with Crippen molar-refractivity contribution in [2.24, 2.45) is 0 Å². The number of rotatable bonds is 4. The zero-order valence-corrected chi connectivity index (χ0v) is 20.5. The first-order valence-corrected chi connectivity index (χ1v) is 9.92. The van der Waals surface area contributed by atoms with Gasteiger partial charge in [0.05, 0.1) is 16.3 Å². The van der Waals surface area contributed by atoms with Gasteiger partial charge in [-0.1, -0.05) is 30.3 Å². The topological polar surface area (TPSA) is 147 Å². The molecule has 9 nitrogen and oxygen atoms in total. The van der Waals surface area contributed by atoms with Crippen molar-refractivity contribution in [1.82, 2.24) is 9.78 Å². The van der Waals surface area contributed by atoms with Crippen LogP contribution in [0.15, 0.2) is 69.2 Å². The molecule has 0 radical (unpaired) electrons. The third-order valence-electron chi connectivity index (χ3n) is 3.55. The molecule has 3 rings (SSSR count). The van der Waals surface area contributed by atoms with E-state index >= 15 is 0 Å². The van der Waals surface area contributed by atoms with E-state index in [1.165, 1.54) is 6.07 Å². The molecule has 0 unspecified atom stereocenters. The summed E-state index contributed by atoms with van der Waals surface area (Å²) in [5, 5.41) is 2.66. The molecule has 0 fully saturated rings. The van der Waals surface area contributed by atoms with E-state index in [0.29, 0.717) is 11.3 Å². The van der Waals surface area contributed by atoms with E-state index in [9.17, 15) is 26.2 Å². The second-order valence-corrected chi connectivity index (χ2v) is 8.10. The molecule has 0 aliphatic rings. The Morgan fingerprint density at radius 1 is 0.821 bits per heavy atom. The van der Waals surface area contributed by atoms with Crippen LogP contribution < -0.4 is 64.7 Å². The summed E-state index contributed by atoms with van der Waals surface area (Å²) >= 11 is 0. The van der Waals surface area contributed by atoms with Gasteiger partial charge in [-0.25, -0.2) is 4.68 Å². The SMILES string of the molecule is O=c1cc(-c2ccccc2)[nH]n1-c1cc(S(=O)(=O)O)ccc1S(=O)(=O)O.[Na+].[Na+]. The maximum atomic E-state index is 12.3. The maximum absolute atomic E-state index is 12.3. The molecule has 3 N–H and O–H groups in total. The summed E-state index contributed by atoms with van der Waals surface area (Å²) in [6.07, 6.45) is 0. The summed E-state index contributed by atoms with van der Waals surface area (Å²) in [7, 11) is -9.43. The molecule has 1 heterocycles. The van der Waals surface area contributed by atoms with Crippen molar-refractivity contribution in [3.8, 4) is 16.9 Å². The number of aromatic nitrogens is 2.